The summed E-state index contributed by atoms with van der Waals surface area (Å²) < 4.78 is 50.2. The van der Waals surface area contributed by atoms with Gasteiger partial charge in [0.2, 0.25) is 10.0 Å². The first kappa shape index (κ1) is 16.2. The van der Waals surface area contributed by atoms with Crippen LogP contribution < -0.4 is 9.46 Å². The Kier molecular flexibility index (Phi) is 4.82. The van der Waals surface area contributed by atoms with Crippen molar-refractivity contribution in [2.24, 2.45) is 0 Å². The highest BCUT2D eigenvalue weighted by atomic mass is 32.2. The van der Waals surface area contributed by atoms with E-state index in [4.69, 9.17) is 9.47 Å². The minimum Gasteiger partial charge on any atom is -0.491 e. The summed E-state index contributed by atoms with van der Waals surface area (Å²) in [6.45, 7) is 2.28. The van der Waals surface area contributed by atoms with E-state index in [9.17, 15) is 17.9 Å². The summed E-state index contributed by atoms with van der Waals surface area (Å²) in [4.78, 5) is -0.217. The lowest BCUT2D eigenvalue weighted by Gasteiger charge is -2.20. The van der Waals surface area contributed by atoms with Crippen LogP contribution in [0.3, 0.4) is 0 Å². The van der Waals surface area contributed by atoms with E-state index in [0.717, 1.165) is 6.07 Å². The van der Waals surface area contributed by atoms with Gasteiger partial charge in [-0.15, -0.1) is 0 Å². The first-order valence-corrected chi connectivity index (χ1v) is 8.07. The lowest BCUT2D eigenvalue weighted by atomic mass is 10.1. The molecule has 1 aliphatic rings. The van der Waals surface area contributed by atoms with E-state index in [1.807, 2.05) is 0 Å². The summed E-state index contributed by atoms with van der Waals surface area (Å²) in [5.74, 6) is -0.748. The molecule has 0 amide bonds. The van der Waals surface area contributed by atoms with E-state index < -0.39 is 21.4 Å². The topological polar surface area (TPSA) is 84.9 Å². The Morgan fingerprint density at radius 3 is 2.86 bits per heavy atom. The SMILES string of the molecule is CCOc1ccc(S(=O)(=O)NC[C@]2(O)CCOC2)cc1F. The van der Waals surface area contributed by atoms with E-state index >= 15 is 0 Å². The Bertz CT molecular complexity index is 599. The maximum Gasteiger partial charge on any atom is 0.240 e. The molecule has 1 atom stereocenters. The quantitative estimate of drug-likeness (QED) is 0.804. The fourth-order valence-electron chi connectivity index (χ4n) is 1.97. The molecule has 6 nitrogen and oxygen atoms in total. The average Bonchev–Trinajstić information content (AvgIpc) is 2.87. The number of hydrogen-bond donors (Lipinski definition) is 2. The number of nitrogens with one attached hydrogen (secondary N) is 1. The van der Waals surface area contributed by atoms with Crippen LogP contribution in [0.1, 0.15) is 13.3 Å². The Hall–Kier alpha value is -1.22. The molecule has 0 bridgehead atoms. The van der Waals surface area contributed by atoms with Crippen molar-refractivity contribution in [3.05, 3.63) is 24.0 Å². The van der Waals surface area contributed by atoms with Crippen molar-refractivity contribution < 1.29 is 27.4 Å². The van der Waals surface area contributed by atoms with Crippen molar-refractivity contribution in [1.29, 1.82) is 0 Å². The average molecular weight is 319 g/mol. The van der Waals surface area contributed by atoms with Gasteiger partial charge in [-0.25, -0.2) is 17.5 Å². The van der Waals surface area contributed by atoms with E-state index in [1.165, 1.54) is 12.1 Å². The first-order chi connectivity index (χ1) is 9.86. The van der Waals surface area contributed by atoms with E-state index in [2.05, 4.69) is 4.72 Å². The van der Waals surface area contributed by atoms with Crippen LogP contribution in [0.2, 0.25) is 0 Å². The summed E-state index contributed by atoms with van der Waals surface area (Å²) in [6, 6.07) is 3.41. The third-order valence-electron chi connectivity index (χ3n) is 3.19. The van der Waals surface area contributed by atoms with Crippen LogP contribution in [0.5, 0.6) is 5.75 Å². The largest absolute Gasteiger partial charge is 0.491 e. The number of hydrogen-bond acceptors (Lipinski definition) is 5. The third-order valence-corrected chi connectivity index (χ3v) is 4.59. The zero-order chi connectivity index (χ0) is 15.5. The second-order valence-corrected chi connectivity index (χ2v) is 6.64. The van der Waals surface area contributed by atoms with Crippen molar-refractivity contribution >= 4 is 10.0 Å². The van der Waals surface area contributed by atoms with Crippen molar-refractivity contribution in [3.8, 4) is 5.75 Å². The number of sulfonamides is 1. The molecule has 21 heavy (non-hydrogen) atoms. The van der Waals surface area contributed by atoms with E-state index in [1.54, 1.807) is 6.92 Å². The zero-order valence-electron chi connectivity index (χ0n) is 11.6. The molecular weight excluding hydrogens is 301 g/mol. The molecule has 0 unspecified atom stereocenters. The van der Waals surface area contributed by atoms with Gasteiger partial charge in [-0.05, 0) is 25.1 Å². The van der Waals surface area contributed by atoms with Gasteiger partial charge in [0.25, 0.3) is 0 Å². The highest BCUT2D eigenvalue weighted by Crippen LogP contribution is 2.22. The zero-order valence-corrected chi connectivity index (χ0v) is 12.5. The third kappa shape index (κ3) is 3.91. The van der Waals surface area contributed by atoms with Gasteiger partial charge < -0.3 is 14.6 Å². The lowest BCUT2D eigenvalue weighted by molar-refractivity contribution is 0.0314. The summed E-state index contributed by atoms with van der Waals surface area (Å²) in [5.41, 5.74) is -1.21. The van der Waals surface area contributed by atoms with Gasteiger partial charge >= 0.3 is 0 Å². The number of aliphatic hydroxyl groups is 1. The molecule has 1 heterocycles. The highest BCUT2D eigenvalue weighted by molar-refractivity contribution is 7.89. The molecule has 2 N–H and O–H groups in total. The fraction of sp³-hybridized carbons (Fsp3) is 0.538. The van der Waals surface area contributed by atoms with Crippen molar-refractivity contribution in [1.82, 2.24) is 4.72 Å². The van der Waals surface area contributed by atoms with E-state index in [-0.39, 0.29) is 30.4 Å². The Labute approximate surface area is 122 Å². The van der Waals surface area contributed by atoms with E-state index in [0.29, 0.717) is 13.0 Å². The minimum atomic E-state index is -3.90. The predicted octanol–water partition coefficient (Wildman–Crippen LogP) is 0.654. The summed E-state index contributed by atoms with van der Waals surface area (Å²) in [6.07, 6.45) is 0.354. The summed E-state index contributed by atoms with van der Waals surface area (Å²) >= 11 is 0. The minimum absolute atomic E-state index is 0.000675. The molecule has 0 spiro atoms. The predicted molar refractivity (Wildman–Crippen MR) is 73.1 cm³/mol. The van der Waals surface area contributed by atoms with Gasteiger partial charge in [-0.2, -0.15) is 0 Å². The number of ether oxygens (including phenoxy) is 2. The van der Waals surface area contributed by atoms with Crippen LogP contribution in [0.4, 0.5) is 4.39 Å². The van der Waals surface area contributed by atoms with Crippen LogP contribution >= 0.6 is 0 Å². The smallest absolute Gasteiger partial charge is 0.240 e. The highest BCUT2D eigenvalue weighted by Gasteiger charge is 2.33. The molecule has 1 saturated heterocycles. The molecule has 1 fully saturated rings. The molecule has 118 valence electrons. The molecule has 1 aliphatic heterocycles. The van der Waals surface area contributed by atoms with Gasteiger partial charge in [-0.1, -0.05) is 0 Å². The van der Waals surface area contributed by atoms with Crippen LogP contribution in [0, 0.1) is 5.82 Å². The molecule has 2 rings (SSSR count). The molecule has 1 aromatic rings. The second kappa shape index (κ2) is 6.27. The molecule has 8 heteroatoms. The molecular formula is C13H18FNO5S. The monoisotopic (exact) mass is 319 g/mol. The number of rotatable bonds is 6. The second-order valence-electron chi connectivity index (χ2n) is 4.88. The normalized spacial score (nSPS) is 22.4. The van der Waals surface area contributed by atoms with Gasteiger partial charge in [0, 0.05) is 19.6 Å². The van der Waals surface area contributed by atoms with Crippen LogP contribution in [-0.4, -0.2) is 45.5 Å². The van der Waals surface area contributed by atoms with Gasteiger partial charge in [-0.3, -0.25) is 0 Å². The number of benzene rings is 1. The van der Waals surface area contributed by atoms with Crippen molar-refractivity contribution in [2.75, 3.05) is 26.4 Å². The van der Waals surface area contributed by atoms with Gasteiger partial charge in [0.05, 0.1) is 18.1 Å². The summed E-state index contributed by atoms with van der Waals surface area (Å²) in [5, 5.41) is 10.0. The number of halogens is 1. The van der Waals surface area contributed by atoms with Crippen molar-refractivity contribution in [3.63, 3.8) is 0 Å². The Morgan fingerprint density at radius 1 is 1.52 bits per heavy atom. The molecule has 1 aromatic carbocycles. The molecule has 0 saturated carbocycles. The standard InChI is InChI=1S/C13H18FNO5S/c1-2-20-12-4-3-10(7-11(12)14)21(17,18)15-8-13(16)5-6-19-9-13/h3-4,7,15-16H,2,5-6,8-9H2,1H3/t13-/m1/s1. The lowest BCUT2D eigenvalue weighted by Crippen LogP contribution is -2.43. The fourth-order valence-corrected chi connectivity index (χ4v) is 3.10. The maximum atomic E-state index is 13.7. The van der Waals surface area contributed by atoms with Crippen LogP contribution in [0.25, 0.3) is 0 Å². The van der Waals surface area contributed by atoms with Crippen LogP contribution in [0.15, 0.2) is 23.1 Å². The van der Waals surface area contributed by atoms with Crippen LogP contribution in [-0.2, 0) is 14.8 Å². The molecule has 0 aliphatic carbocycles. The first-order valence-electron chi connectivity index (χ1n) is 6.58. The molecule has 0 aromatic heterocycles. The maximum absolute atomic E-state index is 13.7. The Morgan fingerprint density at radius 2 is 2.29 bits per heavy atom. The summed E-state index contributed by atoms with van der Waals surface area (Å²) in [7, 11) is -3.90. The van der Waals surface area contributed by atoms with Gasteiger partial charge in [0.1, 0.15) is 5.60 Å². The molecule has 0 radical (unpaired) electrons. The van der Waals surface area contributed by atoms with Gasteiger partial charge in [0.15, 0.2) is 11.6 Å². The Balaban J connectivity index is 2.10. The van der Waals surface area contributed by atoms with Crippen molar-refractivity contribution in [2.45, 2.75) is 23.8 Å².